The number of anilines is 1. The van der Waals surface area contributed by atoms with Gasteiger partial charge in [-0.25, -0.2) is 9.78 Å². The average molecular weight is 455 g/mol. The highest BCUT2D eigenvalue weighted by Gasteiger charge is 2.25. The smallest absolute Gasteiger partial charge is 0.321 e. The number of piperidine rings is 1. The lowest BCUT2D eigenvalue weighted by molar-refractivity contribution is 0.198. The summed E-state index contributed by atoms with van der Waals surface area (Å²) in [6, 6.07) is 14.0. The maximum atomic E-state index is 12.7. The largest absolute Gasteiger partial charge is 0.439 e. The molecule has 1 aliphatic carbocycles. The third kappa shape index (κ3) is 5.45. The van der Waals surface area contributed by atoms with Crippen LogP contribution in [-0.4, -0.2) is 34.0 Å². The predicted octanol–water partition coefficient (Wildman–Crippen LogP) is 6.41. The van der Waals surface area contributed by atoms with Crippen molar-refractivity contribution in [1.82, 2.24) is 14.9 Å². The molecule has 5 rings (SSSR count). The Labute approximate surface area is 200 Å². The van der Waals surface area contributed by atoms with E-state index < -0.39 is 0 Å². The molecule has 3 heterocycles. The molecular formula is C28H30N4O2. The Balaban J connectivity index is 1.20. The molecule has 6 nitrogen and oxygen atoms in total. The number of carbonyl (C=O) groups excluding carboxylic acids is 1. The van der Waals surface area contributed by atoms with Crippen LogP contribution in [0.2, 0.25) is 0 Å². The van der Waals surface area contributed by atoms with Crippen LogP contribution in [-0.2, 0) is 0 Å². The number of urea groups is 1. The molecule has 2 aliphatic rings. The van der Waals surface area contributed by atoms with E-state index >= 15 is 0 Å². The van der Waals surface area contributed by atoms with E-state index in [1.165, 1.54) is 24.0 Å². The van der Waals surface area contributed by atoms with E-state index in [4.69, 9.17) is 4.74 Å². The number of aryl methyl sites for hydroxylation is 1. The standard InChI is InChI=1S/C28H30N4O2/c1-19-12-25(17-29-15-19)31-28(33)32-11-10-23(20(2)18-32)13-21-4-3-5-26(14-21)34-27-9-8-24(16-30-27)22-6-7-22/h3-5,8-9,12-17,20,22H,6-7,10-11,18H2,1-2H3,(H,31,33). The molecule has 174 valence electrons. The van der Waals surface area contributed by atoms with Crippen LogP contribution in [0.3, 0.4) is 0 Å². The van der Waals surface area contributed by atoms with E-state index in [9.17, 15) is 4.79 Å². The molecule has 1 aliphatic heterocycles. The van der Waals surface area contributed by atoms with Gasteiger partial charge in [-0.2, -0.15) is 0 Å². The highest BCUT2D eigenvalue weighted by molar-refractivity contribution is 5.89. The minimum absolute atomic E-state index is 0.0751. The molecule has 1 saturated carbocycles. The molecule has 0 bridgehead atoms. The number of nitrogens with zero attached hydrogens (tertiary/aromatic N) is 3. The average Bonchev–Trinajstić information content (AvgIpc) is 3.67. The topological polar surface area (TPSA) is 67.4 Å². The fourth-order valence-corrected chi connectivity index (χ4v) is 4.39. The van der Waals surface area contributed by atoms with E-state index in [1.54, 1.807) is 12.4 Å². The molecule has 1 atom stereocenters. The lowest BCUT2D eigenvalue weighted by Gasteiger charge is -2.33. The van der Waals surface area contributed by atoms with Crippen molar-refractivity contribution in [1.29, 1.82) is 0 Å². The van der Waals surface area contributed by atoms with Crippen LogP contribution >= 0.6 is 0 Å². The fraction of sp³-hybridized carbons (Fsp3) is 0.321. The van der Waals surface area contributed by atoms with Gasteiger partial charge in [-0.05, 0) is 72.9 Å². The number of nitrogens with one attached hydrogen (secondary N) is 1. The molecule has 1 aromatic carbocycles. The molecule has 6 heteroatoms. The number of hydrogen-bond acceptors (Lipinski definition) is 4. The second-order valence-electron chi connectivity index (χ2n) is 9.38. The summed E-state index contributed by atoms with van der Waals surface area (Å²) in [5.74, 6) is 2.36. The van der Waals surface area contributed by atoms with Crippen LogP contribution in [0, 0.1) is 12.8 Å². The number of benzene rings is 1. The maximum Gasteiger partial charge on any atom is 0.321 e. The first-order chi connectivity index (χ1) is 16.5. The SMILES string of the molecule is Cc1cncc(NC(=O)N2CCC(=Cc3cccc(Oc4ccc(C5CC5)cn4)c3)C(C)C2)c1. The van der Waals surface area contributed by atoms with Crippen molar-refractivity contribution in [2.45, 2.75) is 39.0 Å². The number of aromatic nitrogens is 2. The van der Waals surface area contributed by atoms with Gasteiger partial charge in [0.2, 0.25) is 5.88 Å². The van der Waals surface area contributed by atoms with Gasteiger partial charge in [0, 0.05) is 31.5 Å². The number of amides is 2. The predicted molar refractivity (Wildman–Crippen MR) is 134 cm³/mol. The highest BCUT2D eigenvalue weighted by atomic mass is 16.5. The minimum Gasteiger partial charge on any atom is -0.439 e. The number of pyridine rings is 2. The first-order valence-electron chi connectivity index (χ1n) is 12.0. The van der Waals surface area contributed by atoms with Gasteiger partial charge in [-0.3, -0.25) is 4.98 Å². The van der Waals surface area contributed by atoms with E-state index in [2.05, 4.69) is 40.4 Å². The third-order valence-electron chi connectivity index (χ3n) is 6.45. The summed E-state index contributed by atoms with van der Waals surface area (Å²) < 4.78 is 6.00. The molecule has 0 spiro atoms. The summed E-state index contributed by atoms with van der Waals surface area (Å²) in [6.07, 6.45) is 11.0. The van der Waals surface area contributed by atoms with Crippen molar-refractivity contribution in [2.24, 2.45) is 5.92 Å². The van der Waals surface area contributed by atoms with Crippen LogP contribution in [0.1, 0.15) is 48.8 Å². The molecule has 0 radical (unpaired) electrons. The number of hydrogen-bond donors (Lipinski definition) is 1. The number of carbonyl (C=O) groups is 1. The van der Waals surface area contributed by atoms with Crippen molar-refractivity contribution < 1.29 is 9.53 Å². The third-order valence-corrected chi connectivity index (χ3v) is 6.45. The number of ether oxygens (including phenoxy) is 1. The second-order valence-corrected chi connectivity index (χ2v) is 9.38. The van der Waals surface area contributed by atoms with Crippen molar-refractivity contribution in [3.05, 3.63) is 83.3 Å². The summed E-state index contributed by atoms with van der Waals surface area (Å²) in [7, 11) is 0. The number of rotatable bonds is 5. The van der Waals surface area contributed by atoms with E-state index in [0.717, 1.165) is 29.0 Å². The summed E-state index contributed by atoms with van der Waals surface area (Å²) >= 11 is 0. The Morgan fingerprint density at radius 2 is 2.03 bits per heavy atom. The normalized spacial score (nSPS) is 19.2. The molecule has 34 heavy (non-hydrogen) atoms. The van der Waals surface area contributed by atoms with Crippen molar-refractivity contribution in [3.63, 3.8) is 0 Å². The van der Waals surface area contributed by atoms with Crippen LogP contribution in [0.5, 0.6) is 11.6 Å². The van der Waals surface area contributed by atoms with Gasteiger partial charge in [0.25, 0.3) is 0 Å². The molecular weight excluding hydrogens is 424 g/mol. The van der Waals surface area contributed by atoms with Gasteiger partial charge < -0.3 is 15.0 Å². The molecule has 3 aromatic rings. The minimum atomic E-state index is -0.0751. The first-order valence-corrected chi connectivity index (χ1v) is 12.0. The van der Waals surface area contributed by atoms with Gasteiger partial charge in [0.05, 0.1) is 11.9 Å². The van der Waals surface area contributed by atoms with Crippen molar-refractivity contribution in [2.75, 3.05) is 18.4 Å². The summed E-state index contributed by atoms with van der Waals surface area (Å²) in [4.78, 5) is 23.2. The van der Waals surface area contributed by atoms with E-state index in [1.807, 2.05) is 48.4 Å². The molecule has 1 unspecified atom stereocenters. The fourth-order valence-electron chi connectivity index (χ4n) is 4.39. The van der Waals surface area contributed by atoms with Crippen LogP contribution in [0.25, 0.3) is 6.08 Å². The quantitative estimate of drug-likeness (QED) is 0.484. The number of likely N-dealkylation sites (tertiary alicyclic amines) is 1. The van der Waals surface area contributed by atoms with Crippen molar-refractivity contribution >= 4 is 17.8 Å². The Kier molecular flexibility index (Phi) is 6.30. The summed E-state index contributed by atoms with van der Waals surface area (Å²) in [6.45, 7) is 5.51. The molecule has 2 aromatic heterocycles. The van der Waals surface area contributed by atoms with Crippen LogP contribution in [0.15, 0.2) is 66.6 Å². The lowest BCUT2D eigenvalue weighted by atomic mass is 9.91. The molecule has 2 amide bonds. The van der Waals surface area contributed by atoms with E-state index in [-0.39, 0.29) is 11.9 Å². The van der Waals surface area contributed by atoms with Gasteiger partial charge in [0.15, 0.2) is 0 Å². The molecule has 2 fully saturated rings. The zero-order chi connectivity index (χ0) is 23.5. The van der Waals surface area contributed by atoms with Crippen LogP contribution in [0.4, 0.5) is 10.5 Å². The van der Waals surface area contributed by atoms with Crippen molar-refractivity contribution in [3.8, 4) is 11.6 Å². The van der Waals surface area contributed by atoms with Gasteiger partial charge >= 0.3 is 6.03 Å². The zero-order valence-electron chi connectivity index (χ0n) is 19.7. The van der Waals surface area contributed by atoms with E-state index in [0.29, 0.717) is 24.9 Å². The Bertz CT molecular complexity index is 1200. The Morgan fingerprint density at radius 3 is 2.76 bits per heavy atom. The Hall–Kier alpha value is -3.67. The lowest BCUT2D eigenvalue weighted by Crippen LogP contribution is -2.42. The van der Waals surface area contributed by atoms with Gasteiger partial charge in [0.1, 0.15) is 5.75 Å². The molecule has 1 saturated heterocycles. The summed E-state index contributed by atoms with van der Waals surface area (Å²) in [5, 5.41) is 2.96. The van der Waals surface area contributed by atoms with Gasteiger partial charge in [-0.1, -0.05) is 36.8 Å². The monoisotopic (exact) mass is 454 g/mol. The van der Waals surface area contributed by atoms with Gasteiger partial charge in [-0.15, -0.1) is 0 Å². The first kappa shape index (κ1) is 22.1. The maximum absolute atomic E-state index is 12.7. The molecule has 1 N–H and O–H groups in total. The van der Waals surface area contributed by atoms with Crippen LogP contribution < -0.4 is 10.1 Å². The second kappa shape index (κ2) is 9.67. The highest BCUT2D eigenvalue weighted by Crippen LogP contribution is 2.40. The summed E-state index contributed by atoms with van der Waals surface area (Å²) in [5.41, 5.74) is 5.48. The zero-order valence-corrected chi connectivity index (χ0v) is 19.7. The Morgan fingerprint density at radius 1 is 1.15 bits per heavy atom.